The van der Waals surface area contributed by atoms with Crippen LogP contribution in [0.2, 0.25) is 0 Å². The molecule has 0 aliphatic carbocycles. The average Bonchev–Trinajstić information content (AvgIpc) is 3.13. The van der Waals surface area contributed by atoms with E-state index >= 15 is 0 Å². The first kappa shape index (κ1) is 24.7. The predicted molar refractivity (Wildman–Crippen MR) is 117 cm³/mol. The van der Waals surface area contributed by atoms with E-state index in [1.165, 1.54) is 5.56 Å². The number of hydrogen-bond donors (Lipinski definition) is 3. The molecule has 2 amide bonds. The van der Waals surface area contributed by atoms with Crippen molar-refractivity contribution in [3.8, 4) is 0 Å². The van der Waals surface area contributed by atoms with Crippen molar-refractivity contribution >= 4 is 42.3 Å². The van der Waals surface area contributed by atoms with Gasteiger partial charge in [-0.1, -0.05) is 19.1 Å². The van der Waals surface area contributed by atoms with Crippen molar-refractivity contribution in [2.45, 2.75) is 51.1 Å². The third-order valence-electron chi connectivity index (χ3n) is 5.86. The van der Waals surface area contributed by atoms with E-state index in [1.54, 1.807) is 0 Å². The maximum absolute atomic E-state index is 12.7. The quantitative estimate of drug-likeness (QED) is 0.647. The molecule has 0 bridgehead atoms. The van der Waals surface area contributed by atoms with E-state index in [4.69, 9.17) is 5.73 Å². The van der Waals surface area contributed by atoms with Crippen LogP contribution in [0.15, 0.2) is 24.3 Å². The summed E-state index contributed by atoms with van der Waals surface area (Å²) in [4.78, 5) is 26.4. The zero-order valence-corrected chi connectivity index (χ0v) is 18.0. The summed E-state index contributed by atoms with van der Waals surface area (Å²) in [5.41, 5.74) is 7.00. The highest BCUT2D eigenvalue weighted by molar-refractivity contribution is 5.98. The molecule has 2 saturated heterocycles. The summed E-state index contributed by atoms with van der Waals surface area (Å²) in [7, 11) is 0. The van der Waals surface area contributed by atoms with E-state index in [2.05, 4.69) is 34.6 Å². The van der Waals surface area contributed by atoms with Gasteiger partial charge in [-0.15, -0.1) is 24.8 Å². The number of rotatable bonds is 6. The standard InChI is InChI=1S/C20H30N4O2.2ClH/c1-2-20(9-4-10-22-20)19(26)23-17-6-3-5-15(13-17)14-24-11-7-16(8-12-24)18(21)25;;/h3,5-6,13,16,22H,2,4,7-12,14H2,1H3,(H2,21,25)(H,23,26);2*1H. The van der Waals surface area contributed by atoms with Crippen LogP contribution in [-0.4, -0.2) is 41.9 Å². The Morgan fingerprint density at radius 1 is 1.29 bits per heavy atom. The molecule has 0 saturated carbocycles. The van der Waals surface area contributed by atoms with Crippen molar-refractivity contribution in [2.24, 2.45) is 11.7 Å². The van der Waals surface area contributed by atoms with E-state index in [0.717, 1.165) is 64.0 Å². The van der Waals surface area contributed by atoms with Crippen LogP contribution >= 0.6 is 24.8 Å². The Kier molecular flexibility index (Phi) is 9.70. The van der Waals surface area contributed by atoms with Gasteiger partial charge in [0, 0.05) is 18.2 Å². The SMILES string of the molecule is CCC1(C(=O)Nc2cccc(CN3CCC(C(N)=O)CC3)c2)CCCN1.Cl.Cl. The van der Waals surface area contributed by atoms with Crippen molar-refractivity contribution in [1.82, 2.24) is 10.2 Å². The summed E-state index contributed by atoms with van der Waals surface area (Å²) >= 11 is 0. The fraction of sp³-hybridized carbons (Fsp3) is 0.600. The number of nitrogens with zero attached hydrogens (tertiary/aromatic N) is 1. The molecule has 0 spiro atoms. The predicted octanol–water partition coefficient (Wildman–Crippen LogP) is 2.70. The van der Waals surface area contributed by atoms with E-state index in [-0.39, 0.29) is 42.5 Å². The number of halogens is 2. The highest BCUT2D eigenvalue weighted by atomic mass is 35.5. The molecular weight excluding hydrogens is 399 g/mol. The summed E-state index contributed by atoms with van der Waals surface area (Å²) in [6, 6.07) is 8.07. The van der Waals surface area contributed by atoms with Crippen LogP contribution in [-0.2, 0) is 16.1 Å². The minimum Gasteiger partial charge on any atom is -0.369 e. The molecule has 4 N–H and O–H groups in total. The molecule has 2 heterocycles. The Balaban J connectivity index is 0.00000196. The molecule has 1 aromatic rings. The lowest BCUT2D eigenvalue weighted by Crippen LogP contribution is -2.50. The average molecular weight is 431 g/mol. The van der Waals surface area contributed by atoms with Gasteiger partial charge in [0.15, 0.2) is 0 Å². The first-order valence-corrected chi connectivity index (χ1v) is 9.69. The van der Waals surface area contributed by atoms with Crippen LogP contribution in [0.3, 0.4) is 0 Å². The molecule has 158 valence electrons. The largest absolute Gasteiger partial charge is 0.369 e. The van der Waals surface area contributed by atoms with E-state index in [1.807, 2.05) is 12.1 Å². The number of nitrogens with one attached hydrogen (secondary N) is 2. The number of amides is 2. The van der Waals surface area contributed by atoms with Crippen molar-refractivity contribution in [3.63, 3.8) is 0 Å². The van der Waals surface area contributed by atoms with Gasteiger partial charge >= 0.3 is 0 Å². The number of piperidine rings is 1. The number of likely N-dealkylation sites (tertiary alicyclic amines) is 1. The molecule has 2 aliphatic rings. The first-order valence-electron chi connectivity index (χ1n) is 9.69. The monoisotopic (exact) mass is 430 g/mol. The molecule has 0 aromatic heterocycles. The van der Waals surface area contributed by atoms with Crippen molar-refractivity contribution in [3.05, 3.63) is 29.8 Å². The molecule has 2 fully saturated rings. The number of anilines is 1. The van der Waals surface area contributed by atoms with Gasteiger partial charge in [0.05, 0.1) is 5.54 Å². The molecule has 1 unspecified atom stereocenters. The zero-order chi connectivity index (χ0) is 18.6. The Morgan fingerprint density at radius 3 is 2.57 bits per heavy atom. The second-order valence-electron chi connectivity index (χ2n) is 7.57. The van der Waals surface area contributed by atoms with Crippen LogP contribution in [0.25, 0.3) is 0 Å². The second kappa shape index (κ2) is 11.0. The third-order valence-corrected chi connectivity index (χ3v) is 5.86. The van der Waals surface area contributed by atoms with Gasteiger partial charge in [0.1, 0.15) is 0 Å². The first-order chi connectivity index (χ1) is 12.5. The Labute approximate surface area is 179 Å². The number of carbonyl (C=O) groups is 2. The molecule has 28 heavy (non-hydrogen) atoms. The summed E-state index contributed by atoms with van der Waals surface area (Å²) < 4.78 is 0. The van der Waals surface area contributed by atoms with Crippen LogP contribution < -0.4 is 16.4 Å². The maximum atomic E-state index is 12.7. The molecule has 8 heteroatoms. The fourth-order valence-electron chi connectivity index (χ4n) is 4.09. The zero-order valence-electron chi connectivity index (χ0n) is 16.4. The summed E-state index contributed by atoms with van der Waals surface area (Å²) in [5, 5.41) is 6.47. The Morgan fingerprint density at radius 2 is 2.00 bits per heavy atom. The molecule has 3 rings (SSSR count). The van der Waals surface area contributed by atoms with Gasteiger partial charge in [0.25, 0.3) is 0 Å². The normalized spacial score (nSPS) is 22.8. The number of primary amides is 1. The van der Waals surface area contributed by atoms with Gasteiger partial charge in [-0.3, -0.25) is 14.5 Å². The molecule has 0 radical (unpaired) electrons. The number of nitrogens with two attached hydrogens (primary N) is 1. The Hall–Kier alpha value is -1.34. The van der Waals surface area contributed by atoms with Gasteiger partial charge in [0.2, 0.25) is 11.8 Å². The summed E-state index contributed by atoms with van der Waals surface area (Å²) in [5.74, 6) is -0.0994. The minimum atomic E-state index is -0.424. The lowest BCUT2D eigenvalue weighted by molar-refractivity contribution is -0.123. The van der Waals surface area contributed by atoms with Gasteiger partial charge in [-0.05, 0) is 69.4 Å². The number of hydrogen-bond acceptors (Lipinski definition) is 4. The highest BCUT2D eigenvalue weighted by Gasteiger charge is 2.39. The highest BCUT2D eigenvalue weighted by Crippen LogP contribution is 2.25. The lowest BCUT2D eigenvalue weighted by atomic mass is 9.93. The Bertz CT molecular complexity index is 657. The molecule has 2 aliphatic heterocycles. The molecule has 1 aromatic carbocycles. The topological polar surface area (TPSA) is 87.5 Å². The number of benzene rings is 1. The summed E-state index contributed by atoms with van der Waals surface area (Å²) in [6.07, 6.45) is 4.40. The lowest BCUT2D eigenvalue weighted by Gasteiger charge is -2.30. The van der Waals surface area contributed by atoms with Crippen molar-refractivity contribution in [1.29, 1.82) is 0 Å². The summed E-state index contributed by atoms with van der Waals surface area (Å²) in [6.45, 7) is 5.55. The molecule has 6 nitrogen and oxygen atoms in total. The van der Waals surface area contributed by atoms with Crippen molar-refractivity contribution < 1.29 is 9.59 Å². The van der Waals surface area contributed by atoms with E-state index in [0.29, 0.717) is 0 Å². The minimum absolute atomic E-state index is 0. The van der Waals surface area contributed by atoms with Crippen LogP contribution in [0, 0.1) is 5.92 Å². The number of carbonyl (C=O) groups excluding carboxylic acids is 2. The van der Waals surface area contributed by atoms with E-state index < -0.39 is 5.54 Å². The molecule has 1 atom stereocenters. The van der Waals surface area contributed by atoms with Gasteiger partial charge in [-0.2, -0.15) is 0 Å². The van der Waals surface area contributed by atoms with Gasteiger partial charge < -0.3 is 16.4 Å². The third kappa shape index (κ3) is 5.83. The van der Waals surface area contributed by atoms with Gasteiger partial charge in [-0.25, -0.2) is 0 Å². The van der Waals surface area contributed by atoms with Crippen LogP contribution in [0.5, 0.6) is 0 Å². The molecular formula is C20H32Cl2N4O2. The maximum Gasteiger partial charge on any atom is 0.244 e. The van der Waals surface area contributed by atoms with Crippen molar-refractivity contribution in [2.75, 3.05) is 25.0 Å². The fourth-order valence-corrected chi connectivity index (χ4v) is 4.09. The van der Waals surface area contributed by atoms with Crippen LogP contribution in [0.4, 0.5) is 5.69 Å². The van der Waals surface area contributed by atoms with Crippen LogP contribution in [0.1, 0.15) is 44.6 Å². The van der Waals surface area contributed by atoms with E-state index in [9.17, 15) is 9.59 Å². The second-order valence-corrected chi connectivity index (χ2v) is 7.57. The smallest absolute Gasteiger partial charge is 0.244 e.